The predicted molar refractivity (Wildman–Crippen MR) is 50.5 cm³/mol. The number of benzene rings is 1. The number of hydrogen-bond acceptors (Lipinski definition) is 2. The fourth-order valence-electron chi connectivity index (χ4n) is 1.14. The van der Waals surface area contributed by atoms with E-state index in [-0.39, 0.29) is 28.8 Å². The van der Waals surface area contributed by atoms with Crippen molar-refractivity contribution in [2.24, 2.45) is 5.73 Å². The van der Waals surface area contributed by atoms with E-state index in [1.54, 1.807) is 6.92 Å². The van der Waals surface area contributed by atoms with Gasteiger partial charge in [0.1, 0.15) is 11.6 Å². The molecule has 1 rings (SSSR count). The van der Waals surface area contributed by atoms with Crippen LogP contribution in [-0.4, -0.2) is 11.7 Å². The Bertz CT molecular complexity index is 317. The van der Waals surface area contributed by atoms with Crippen molar-refractivity contribution in [2.75, 3.05) is 6.54 Å². The van der Waals surface area contributed by atoms with Gasteiger partial charge in [0.25, 0.3) is 0 Å². The van der Waals surface area contributed by atoms with Crippen LogP contribution in [0.3, 0.4) is 0 Å². The van der Waals surface area contributed by atoms with E-state index in [2.05, 4.69) is 0 Å². The topological polar surface area (TPSA) is 46.2 Å². The minimum Gasteiger partial charge on any atom is -0.506 e. The highest BCUT2D eigenvalue weighted by Gasteiger charge is 2.16. The van der Waals surface area contributed by atoms with Gasteiger partial charge >= 0.3 is 0 Å². The first kappa shape index (κ1) is 10.3. The fraction of sp³-hybridized carbons (Fsp3) is 0.333. The number of aromatic hydroxyl groups is 1. The second kappa shape index (κ2) is 3.94. The molecule has 0 aliphatic heterocycles. The number of phenols is 1. The molecule has 0 aliphatic carbocycles. The monoisotopic (exact) mass is 203 g/mol. The Morgan fingerprint density at radius 1 is 1.62 bits per heavy atom. The summed E-state index contributed by atoms with van der Waals surface area (Å²) in [6.07, 6.45) is 0. The van der Waals surface area contributed by atoms with Crippen LogP contribution in [-0.2, 0) is 0 Å². The van der Waals surface area contributed by atoms with Gasteiger partial charge in [0.2, 0.25) is 0 Å². The summed E-state index contributed by atoms with van der Waals surface area (Å²) in [7, 11) is 0. The first-order valence-corrected chi connectivity index (χ1v) is 4.32. The lowest BCUT2D eigenvalue weighted by Gasteiger charge is -2.12. The van der Waals surface area contributed by atoms with E-state index in [0.29, 0.717) is 0 Å². The average Bonchev–Trinajstić information content (AvgIpc) is 2.12. The molecule has 4 heteroatoms. The third kappa shape index (κ3) is 1.92. The molecule has 2 nitrogen and oxygen atoms in total. The molecule has 1 atom stereocenters. The molecular formula is C9H11ClFNO. The van der Waals surface area contributed by atoms with E-state index in [0.717, 1.165) is 0 Å². The second-order valence-electron chi connectivity index (χ2n) is 2.93. The Morgan fingerprint density at radius 2 is 2.23 bits per heavy atom. The quantitative estimate of drug-likeness (QED) is 0.775. The van der Waals surface area contributed by atoms with Crippen LogP contribution in [0.5, 0.6) is 5.75 Å². The van der Waals surface area contributed by atoms with Crippen molar-refractivity contribution < 1.29 is 9.50 Å². The largest absolute Gasteiger partial charge is 0.506 e. The number of nitrogens with two attached hydrogens (primary N) is 1. The zero-order valence-corrected chi connectivity index (χ0v) is 7.98. The van der Waals surface area contributed by atoms with Gasteiger partial charge in [-0.1, -0.05) is 18.5 Å². The first-order chi connectivity index (χ1) is 6.07. The van der Waals surface area contributed by atoms with Gasteiger partial charge < -0.3 is 10.8 Å². The van der Waals surface area contributed by atoms with E-state index < -0.39 is 5.82 Å². The molecule has 3 N–H and O–H groups in total. The summed E-state index contributed by atoms with van der Waals surface area (Å²) in [5.74, 6) is -0.918. The molecule has 0 amide bonds. The number of hydrogen-bond donors (Lipinski definition) is 2. The molecule has 13 heavy (non-hydrogen) atoms. The van der Waals surface area contributed by atoms with Crippen LogP contribution < -0.4 is 5.73 Å². The van der Waals surface area contributed by atoms with Crippen molar-refractivity contribution in [1.82, 2.24) is 0 Å². The van der Waals surface area contributed by atoms with Crippen LogP contribution in [0.1, 0.15) is 18.4 Å². The molecular weight excluding hydrogens is 193 g/mol. The Balaban J connectivity index is 3.25. The molecule has 0 bridgehead atoms. The number of phenolic OH excluding ortho intramolecular Hbond substituents is 1. The van der Waals surface area contributed by atoms with E-state index in [1.807, 2.05) is 0 Å². The lowest BCUT2D eigenvalue weighted by molar-refractivity contribution is 0.452. The smallest absolute Gasteiger partial charge is 0.140 e. The van der Waals surface area contributed by atoms with Crippen molar-refractivity contribution in [3.8, 4) is 5.75 Å². The fourth-order valence-corrected chi connectivity index (χ4v) is 1.31. The van der Waals surface area contributed by atoms with Crippen molar-refractivity contribution >= 4 is 11.6 Å². The molecule has 1 aromatic rings. The zero-order valence-electron chi connectivity index (χ0n) is 7.22. The van der Waals surface area contributed by atoms with Gasteiger partial charge in [-0.25, -0.2) is 4.39 Å². The van der Waals surface area contributed by atoms with Crippen LogP contribution in [0.4, 0.5) is 4.39 Å². The maximum absolute atomic E-state index is 13.2. The number of halogens is 2. The summed E-state index contributed by atoms with van der Waals surface area (Å²) in [6.45, 7) is 2.00. The Hall–Kier alpha value is -0.800. The maximum atomic E-state index is 13.2. The van der Waals surface area contributed by atoms with Gasteiger partial charge in [0, 0.05) is 5.56 Å². The minimum absolute atomic E-state index is 0.150. The van der Waals surface area contributed by atoms with Gasteiger partial charge in [0.05, 0.1) is 5.02 Å². The summed E-state index contributed by atoms with van der Waals surface area (Å²) in [5.41, 5.74) is 5.56. The lowest BCUT2D eigenvalue weighted by Crippen LogP contribution is -2.10. The third-order valence-electron chi connectivity index (χ3n) is 1.96. The van der Waals surface area contributed by atoms with Crippen LogP contribution >= 0.6 is 11.6 Å². The standard InChI is InChI=1S/C9H11ClFNO/c1-5(4-12)8-7(11)3-2-6(10)9(8)13/h2-3,5,13H,4,12H2,1H3. The average molecular weight is 204 g/mol. The van der Waals surface area contributed by atoms with Crippen molar-refractivity contribution in [3.63, 3.8) is 0 Å². The van der Waals surface area contributed by atoms with Crippen molar-refractivity contribution in [2.45, 2.75) is 12.8 Å². The van der Waals surface area contributed by atoms with Crippen LogP contribution in [0.25, 0.3) is 0 Å². The summed E-state index contributed by atoms with van der Waals surface area (Å²) in [6, 6.07) is 2.54. The molecule has 0 aromatic heterocycles. The summed E-state index contributed by atoms with van der Waals surface area (Å²) in [4.78, 5) is 0. The lowest BCUT2D eigenvalue weighted by atomic mass is 10.00. The van der Waals surface area contributed by atoms with E-state index in [4.69, 9.17) is 17.3 Å². The summed E-state index contributed by atoms with van der Waals surface area (Å²) < 4.78 is 13.2. The van der Waals surface area contributed by atoms with Crippen molar-refractivity contribution in [1.29, 1.82) is 0 Å². The van der Waals surface area contributed by atoms with Gasteiger partial charge in [-0.15, -0.1) is 0 Å². The molecule has 0 fully saturated rings. The van der Waals surface area contributed by atoms with Gasteiger partial charge in [-0.3, -0.25) is 0 Å². The Morgan fingerprint density at radius 3 is 2.77 bits per heavy atom. The van der Waals surface area contributed by atoms with Crippen LogP contribution in [0.2, 0.25) is 5.02 Å². The first-order valence-electron chi connectivity index (χ1n) is 3.94. The van der Waals surface area contributed by atoms with Gasteiger partial charge in [-0.05, 0) is 24.6 Å². The Labute approximate surface area is 81.1 Å². The molecule has 0 radical (unpaired) electrons. The minimum atomic E-state index is -0.472. The number of rotatable bonds is 2. The molecule has 0 saturated carbocycles. The molecule has 1 unspecified atom stereocenters. The van der Waals surface area contributed by atoms with E-state index in [1.165, 1.54) is 12.1 Å². The van der Waals surface area contributed by atoms with Crippen molar-refractivity contribution in [3.05, 3.63) is 28.5 Å². The molecule has 0 spiro atoms. The highest BCUT2D eigenvalue weighted by molar-refractivity contribution is 6.32. The summed E-state index contributed by atoms with van der Waals surface area (Å²) >= 11 is 5.63. The highest BCUT2D eigenvalue weighted by atomic mass is 35.5. The third-order valence-corrected chi connectivity index (χ3v) is 2.27. The second-order valence-corrected chi connectivity index (χ2v) is 3.34. The molecule has 0 heterocycles. The SMILES string of the molecule is CC(CN)c1c(F)ccc(Cl)c1O. The molecule has 0 saturated heterocycles. The van der Waals surface area contributed by atoms with E-state index in [9.17, 15) is 9.50 Å². The molecule has 72 valence electrons. The van der Waals surface area contributed by atoms with Gasteiger partial charge in [0.15, 0.2) is 0 Å². The van der Waals surface area contributed by atoms with Crippen LogP contribution in [0, 0.1) is 5.82 Å². The van der Waals surface area contributed by atoms with Gasteiger partial charge in [-0.2, -0.15) is 0 Å². The Kier molecular flexibility index (Phi) is 3.12. The zero-order chi connectivity index (χ0) is 10.0. The highest BCUT2D eigenvalue weighted by Crippen LogP contribution is 2.33. The summed E-state index contributed by atoms with van der Waals surface area (Å²) in [5, 5.41) is 9.60. The predicted octanol–water partition coefficient (Wildman–Crippen LogP) is 2.25. The molecule has 1 aromatic carbocycles. The molecule has 0 aliphatic rings. The normalized spacial score (nSPS) is 12.9. The maximum Gasteiger partial charge on any atom is 0.140 e. The van der Waals surface area contributed by atoms with E-state index >= 15 is 0 Å². The van der Waals surface area contributed by atoms with Crippen LogP contribution in [0.15, 0.2) is 12.1 Å².